The quantitative estimate of drug-likeness (QED) is 0.755. The molecule has 0 aliphatic rings. The van der Waals surface area contributed by atoms with Gasteiger partial charge < -0.3 is 10.8 Å². The first-order valence-electron chi connectivity index (χ1n) is 4.54. The maximum absolute atomic E-state index is 10.9. The molecule has 1 unspecified atom stereocenters. The van der Waals surface area contributed by atoms with Gasteiger partial charge in [0.1, 0.15) is 0 Å². The molecule has 3 heteroatoms. The van der Waals surface area contributed by atoms with E-state index in [0.717, 1.165) is 16.7 Å². The molecule has 3 N–H and O–H groups in total. The molecule has 0 saturated heterocycles. The van der Waals surface area contributed by atoms with E-state index in [4.69, 9.17) is 10.8 Å². The lowest BCUT2D eigenvalue weighted by molar-refractivity contribution is 0.0695. The molecule has 0 saturated carbocycles. The Hall–Kier alpha value is -1.35. The number of carboxylic acids is 1. The van der Waals surface area contributed by atoms with E-state index in [1.165, 1.54) is 0 Å². The first-order valence-corrected chi connectivity index (χ1v) is 4.54. The lowest BCUT2D eigenvalue weighted by Crippen LogP contribution is -2.14. The summed E-state index contributed by atoms with van der Waals surface area (Å²) in [5, 5.41) is 8.97. The fraction of sp³-hybridized carbons (Fsp3) is 0.364. The van der Waals surface area contributed by atoms with E-state index in [0.29, 0.717) is 5.56 Å². The van der Waals surface area contributed by atoms with Crippen molar-refractivity contribution in [3.63, 3.8) is 0 Å². The minimum absolute atomic E-state index is 0.249. The Kier molecular flexibility index (Phi) is 2.91. The van der Waals surface area contributed by atoms with Crippen LogP contribution in [0.3, 0.4) is 0 Å². The molecule has 3 nitrogen and oxygen atoms in total. The number of hydrogen-bond acceptors (Lipinski definition) is 2. The van der Waals surface area contributed by atoms with Crippen molar-refractivity contribution in [2.75, 3.05) is 0 Å². The van der Waals surface area contributed by atoms with Crippen LogP contribution in [0.5, 0.6) is 0 Å². The molecule has 0 amide bonds. The highest BCUT2D eigenvalue weighted by Gasteiger charge is 2.16. The Morgan fingerprint density at radius 1 is 1.43 bits per heavy atom. The normalized spacial score (nSPS) is 12.6. The van der Waals surface area contributed by atoms with E-state index < -0.39 is 5.97 Å². The predicted octanol–water partition coefficient (Wildman–Crippen LogP) is 2.02. The molecule has 0 fully saturated rings. The van der Waals surface area contributed by atoms with Crippen LogP contribution in [-0.4, -0.2) is 11.1 Å². The number of aryl methyl sites for hydroxylation is 1. The van der Waals surface area contributed by atoms with Crippen LogP contribution >= 0.6 is 0 Å². The van der Waals surface area contributed by atoms with E-state index in [1.807, 2.05) is 19.9 Å². The van der Waals surface area contributed by atoms with Crippen LogP contribution in [0.25, 0.3) is 0 Å². The van der Waals surface area contributed by atoms with Crippen molar-refractivity contribution in [2.45, 2.75) is 26.8 Å². The van der Waals surface area contributed by atoms with E-state index in [-0.39, 0.29) is 6.04 Å². The summed E-state index contributed by atoms with van der Waals surface area (Å²) in [6.45, 7) is 5.65. The average molecular weight is 193 g/mol. The Morgan fingerprint density at radius 3 is 2.43 bits per heavy atom. The molecule has 0 spiro atoms. The molecule has 14 heavy (non-hydrogen) atoms. The zero-order valence-electron chi connectivity index (χ0n) is 8.66. The molecule has 1 rings (SSSR count). The summed E-state index contributed by atoms with van der Waals surface area (Å²) >= 11 is 0. The highest BCUT2D eigenvalue weighted by atomic mass is 16.4. The third-order valence-corrected chi connectivity index (χ3v) is 2.47. The number of rotatable bonds is 2. The fourth-order valence-corrected chi connectivity index (χ4v) is 1.61. The maximum atomic E-state index is 10.9. The summed E-state index contributed by atoms with van der Waals surface area (Å²) in [7, 11) is 0. The molecule has 0 aliphatic heterocycles. The standard InChI is InChI=1S/C11H15NO2/c1-6-4-5-9(11(13)14)10(7(6)2)8(3)12/h4-5,8H,12H2,1-3H3,(H,13,14). The van der Waals surface area contributed by atoms with Crippen LogP contribution in [0, 0.1) is 13.8 Å². The zero-order valence-corrected chi connectivity index (χ0v) is 8.66. The van der Waals surface area contributed by atoms with Crippen molar-refractivity contribution in [3.05, 3.63) is 34.4 Å². The van der Waals surface area contributed by atoms with Gasteiger partial charge in [-0.15, -0.1) is 0 Å². The van der Waals surface area contributed by atoms with Gasteiger partial charge in [-0.1, -0.05) is 6.07 Å². The third-order valence-electron chi connectivity index (χ3n) is 2.47. The minimum Gasteiger partial charge on any atom is -0.478 e. The van der Waals surface area contributed by atoms with Gasteiger partial charge in [0.05, 0.1) is 5.56 Å². The monoisotopic (exact) mass is 193 g/mol. The molecule has 0 heterocycles. The predicted molar refractivity (Wildman–Crippen MR) is 55.5 cm³/mol. The van der Waals surface area contributed by atoms with Gasteiger partial charge in [-0.05, 0) is 43.5 Å². The highest BCUT2D eigenvalue weighted by molar-refractivity contribution is 5.90. The van der Waals surface area contributed by atoms with Crippen LogP contribution in [0.1, 0.15) is 40.0 Å². The van der Waals surface area contributed by atoms with Crippen molar-refractivity contribution in [3.8, 4) is 0 Å². The summed E-state index contributed by atoms with van der Waals surface area (Å²) in [6, 6.07) is 3.18. The van der Waals surface area contributed by atoms with Crippen LogP contribution < -0.4 is 5.73 Å². The van der Waals surface area contributed by atoms with Crippen molar-refractivity contribution in [1.29, 1.82) is 0 Å². The van der Waals surface area contributed by atoms with Gasteiger partial charge in [0.15, 0.2) is 0 Å². The second kappa shape index (κ2) is 3.80. The Bertz CT molecular complexity index is 370. The lowest BCUT2D eigenvalue weighted by Gasteiger charge is -2.15. The highest BCUT2D eigenvalue weighted by Crippen LogP contribution is 2.23. The van der Waals surface area contributed by atoms with E-state index >= 15 is 0 Å². The topological polar surface area (TPSA) is 63.3 Å². The number of aromatic carboxylic acids is 1. The minimum atomic E-state index is -0.916. The molecule has 0 bridgehead atoms. The molecule has 1 aromatic rings. The van der Waals surface area contributed by atoms with Crippen LogP contribution in [0.2, 0.25) is 0 Å². The van der Waals surface area contributed by atoms with Gasteiger partial charge in [-0.25, -0.2) is 4.79 Å². The van der Waals surface area contributed by atoms with Crippen molar-refractivity contribution >= 4 is 5.97 Å². The number of benzene rings is 1. The Morgan fingerprint density at radius 2 is 2.00 bits per heavy atom. The number of carbonyl (C=O) groups is 1. The average Bonchev–Trinajstić information content (AvgIpc) is 2.08. The second-order valence-corrected chi connectivity index (χ2v) is 3.56. The molecule has 0 radical (unpaired) electrons. The summed E-state index contributed by atoms with van der Waals surface area (Å²) in [6.07, 6.45) is 0. The van der Waals surface area contributed by atoms with E-state index in [2.05, 4.69) is 0 Å². The molecular formula is C11H15NO2. The number of nitrogens with two attached hydrogens (primary N) is 1. The summed E-state index contributed by atoms with van der Waals surface area (Å²) < 4.78 is 0. The largest absolute Gasteiger partial charge is 0.478 e. The molecular weight excluding hydrogens is 178 g/mol. The maximum Gasteiger partial charge on any atom is 0.336 e. The third kappa shape index (κ3) is 1.77. The fourth-order valence-electron chi connectivity index (χ4n) is 1.61. The van der Waals surface area contributed by atoms with Gasteiger partial charge in [-0.2, -0.15) is 0 Å². The second-order valence-electron chi connectivity index (χ2n) is 3.56. The van der Waals surface area contributed by atoms with Crippen LogP contribution in [-0.2, 0) is 0 Å². The smallest absolute Gasteiger partial charge is 0.336 e. The van der Waals surface area contributed by atoms with Gasteiger partial charge in [0.2, 0.25) is 0 Å². The molecule has 0 aliphatic carbocycles. The number of carboxylic acid groups (broad SMARTS) is 1. The van der Waals surface area contributed by atoms with Gasteiger partial charge in [-0.3, -0.25) is 0 Å². The first kappa shape index (κ1) is 10.7. The molecule has 0 aromatic heterocycles. The molecule has 1 aromatic carbocycles. The Balaban J connectivity index is 3.45. The molecule has 1 atom stereocenters. The summed E-state index contributed by atoms with van der Waals surface area (Å²) in [5.74, 6) is -0.916. The SMILES string of the molecule is Cc1ccc(C(=O)O)c(C(C)N)c1C. The Labute approximate surface area is 83.6 Å². The zero-order chi connectivity index (χ0) is 10.9. The summed E-state index contributed by atoms with van der Waals surface area (Å²) in [5.41, 5.74) is 8.84. The van der Waals surface area contributed by atoms with Crippen LogP contribution in [0.15, 0.2) is 12.1 Å². The van der Waals surface area contributed by atoms with Gasteiger partial charge in [0, 0.05) is 6.04 Å². The van der Waals surface area contributed by atoms with Crippen molar-refractivity contribution in [2.24, 2.45) is 5.73 Å². The molecule has 76 valence electrons. The first-order chi connectivity index (χ1) is 6.45. The van der Waals surface area contributed by atoms with Gasteiger partial charge in [0.25, 0.3) is 0 Å². The van der Waals surface area contributed by atoms with E-state index in [1.54, 1.807) is 13.0 Å². The van der Waals surface area contributed by atoms with Gasteiger partial charge >= 0.3 is 5.97 Å². The summed E-state index contributed by atoms with van der Waals surface area (Å²) in [4.78, 5) is 10.9. The van der Waals surface area contributed by atoms with Crippen molar-refractivity contribution < 1.29 is 9.90 Å². The van der Waals surface area contributed by atoms with E-state index in [9.17, 15) is 4.79 Å². The lowest BCUT2D eigenvalue weighted by atomic mass is 9.93. The number of hydrogen-bond donors (Lipinski definition) is 2. The van der Waals surface area contributed by atoms with Crippen molar-refractivity contribution in [1.82, 2.24) is 0 Å². The van der Waals surface area contributed by atoms with Crippen LogP contribution in [0.4, 0.5) is 0 Å².